The molecule has 248 valence electrons. The van der Waals surface area contributed by atoms with E-state index in [1.165, 1.54) is 43.4 Å². The van der Waals surface area contributed by atoms with Gasteiger partial charge < -0.3 is 19.7 Å². The van der Waals surface area contributed by atoms with Crippen molar-refractivity contribution >= 4 is 50.7 Å². The summed E-state index contributed by atoms with van der Waals surface area (Å²) >= 11 is 13.1. The molecule has 1 unspecified atom stereocenters. The van der Waals surface area contributed by atoms with Crippen molar-refractivity contribution in [2.75, 3.05) is 25.1 Å². The monoisotopic (exact) mass is 697 g/mol. The molecule has 47 heavy (non-hydrogen) atoms. The van der Waals surface area contributed by atoms with Gasteiger partial charge in [0.25, 0.3) is 10.0 Å². The Morgan fingerprint density at radius 3 is 1.98 bits per heavy atom. The summed E-state index contributed by atoms with van der Waals surface area (Å²) in [6.45, 7) is 2.82. The molecule has 0 radical (unpaired) electrons. The number of carbonyl (C=O) groups is 2. The minimum absolute atomic E-state index is 0.0262. The largest absolute Gasteiger partial charge is 0.493 e. The Bertz CT molecular complexity index is 1770. The van der Waals surface area contributed by atoms with Gasteiger partial charge in [-0.1, -0.05) is 77.8 Å². The third kappa shape index (κ3) is 8.77. The first-order valence-electron chi connectivity index (χ1n) is 14.8. The predicted molar refractivity (Wildman–Crippen MR) is 185 cm³/mol. The highest BCUT2D eigenvalue weighted by molar-refractivity contribution is 7.92. The zero-order chi connectivity index (χ0) is 34.1. The van der Waals surface area contributed by atoms with E-state index in [2.05, 4.69) is 5.32 Å². The van der Waals surface area contributed by atoms with Crippen LogP contribution in [0.1, 0.15) is 25.0 Å². The van der Waals surface area contributed by atoms with Crippen LogP contribution in [0.25, 0.3) is 0 Å². The number of hydrogen-bond donors (Lipinski definition) is 1. The molecule has 0 aromatic heterocycles. The molecule has 4 aromatic carbocycles. The topological polar surface area (TPSA) is 105 Å². The molecule has 1 N–H and O–H groups in total. The lowest BCUT2D eigenvalue weighted by Gasteiger charge is -2.34. The van der Waals surface area contributed by atoms with Crippen LogP contribution in [0, 0.1) is 0 Å². The van der Waals surface area contributed by atoms with Gasteiger partial charge in [-0.2, -0.15) is 0 Å². The van der Waals surface area contributed by atoms with Crippen molar-refractivity contribution < 1.29 is 27.5 Å². The highest BCUT2D eigenvalue weighted by atomic mass is 35.5. The van der Waals surface area contributed by atoms with Gasteiger partial charge in [-0.3, -0.25) is 13.9 Å². The molecule has 0 aliphatic heterocycles. The molecule has 4 rings (SSSR count). The fourth-order valence-corrected chi connectivity index (χ4v) is 6.96. The van der Waals surface area contributed by atoms with Gasteiger partial charge in [0.2, 0.25) is 11.8 Å². The molecule has 0 aliphatic rings. The number of nitrogens with zero attached hydrogens (tertiary/aromatic N) is 2. The molecule has 2 amide bonds. The van der Waals surface area contributed by atoms with Crippen LogP contribution in [-0.2, 0) is 32.6 Å². The first-order valence-corrected chi connectivity index (χ1v) is 17.0. The van der Waals surface area contributed by atoms with Crippen LogP contribution in [0.3, 0.4) is 0 Å². The fraction of sp³-hybridized carbons (Fsp3) is 0.257. The average Bonchev–Trinajstić information content (AvgIpc) is 3.06. The third-order valence-electron chi connectivity index (χ3n) is 7.36. The second-order valence-corrected chi connectivity index (χ2v) is 13.6. The van der Waals surface area contributed by atoms with E-state index in [9.17, 15) is 18.0 Å². The third-order valence-corrected chi connectivity index (χ3v) is 9.85. The number of ether oxygens (including phenoxy) is 2. The highest BCUT2D eigenvalue weighted by Crippen LogP contribution is 2.34. The Kier molecular flexibility index (Phi) is 12.1. The lowest BCUT2D eigenvalue weighted by molar-refractivity contribution is -0.140. The zero-order valence-corrected chi connectivity index (χ0v) is 28.9. The van der Waals surface area contributed by atoms with Crippen LogP contribution >= 0.6 is 23.2 Å². The van der Waals surface area contributed by atoms with Crippen LogP contribution in [-0.4, -0.2) is 58.0 Å². The standard InChI is InChI=1S/C35H37Cl2N3O6S/c1-24(2)38-35(42)31(20-25-12-7-5-8-13-25)39(22-28-29(36)16-11-17-30(28)37)34(41)23-40(47(43,44)27-14-9-6-10-15-27)26-18-19-32(45-3)33(21-26)46-4/h5-19,21,24,31H,20,22-23H2,1-4H3,(H,38,42). The van der Waals surface area contributed by atoms with E-state index < -0.39 is 34.4 Å². The van der Waals surface area contributed by atoms with Gasteiger partial charge in [0.05, 0.1) is 24.8 Å². The van der Waals surface area contributed by atoms with Gasteiger partial charge in [-0.05, 0) is 55.8 Å². The first-order chi connectivity index (χ1) is 22.5. The van der Waals surface area contributed by atoms with Gasteiger partial charge in [0.1, 0.15) is 12.6 Å². The molecule has 1 atom stereocenters. The number of sulfonamides is 1. The summed E-state index contributed by atoms with van der Waals surface area (Å²) in [4.78, 5) is 29.8. The molecule has 0 saturated heterocycles. The smallest absolute Gasteiger partial charge is 0.264 e. The van der Waals surface area contributed by atoms with E-state index in [0.717, 1.165) is 9.87 Å². The zero-order valence-electron chi connectivity index (χ0n) is 26.5. The van der Waals surface area contributed by atoms with Gasteiger partial charge >= 0.3 is 0 Å². The molecule has 0 saturated carbocycles. The van der Waals surface area contributed by atoms with Crippen molar-refractivity contribution in [3.63, 3.8) is 0 Å². The van der Waals surface area contributed by atoms with Gasteiger partial charge in [0, 0.05) is 40.7 Å². The van der Waals surface area contributed by atoms with E-state index in [4.69, 9.17) is 32.7 Å². The van der Waals surface area contributed by atoms with Crippen LogP contribution < -0.4 is 19.1 Å². The van der Waals surface area contributed by atoms with Crippen molar-refractivity contribution in [1.82, 2.24) is 10.2 Å². The minimum atomic E-state index is -4.30. The van der Waals surface area contributed by atoms with Gasteiger partial charge in [0.15, 0.2) is 11.5 Å². The number of anilines is 1. The summed E-state index contributed by atoms with van der Waals surface area (Å²) < 4.78 is 40.2. The predicted octanol–water partition coefficient (Wildman–Crippen LogP) is 6.37. The summed E-state index contributed by atoms with van der Waals surface area (Å²) in [5.41, 5.74) is 1.37. The number of rotatable bonds is 14. The van der Waals surface area contributed by atoms with Crippen LogP contribution in [0.5, 0.6) is 11.5 Å². The van der Waals surface area contributed by atoms with E-state index in [-0.39, 0.29) is 35.3 Å². The SMILES string of the molecule is COc1ccc(N(CC(=O)N(Cc2c(Cl)cccc2Cl)C(Cc2ccccc2)C(=O)NC(C)C)S(=O)(=O)c2ccccc2)cc1OC. The summed E-state index contributed by atoms with van der Waals surface area (Å²) in [6.07, 6.45) is 0.148. The van der Waals surface area contributed by atoms with E-state index in [1.807, 2.05) is 44.2 Å². The summed E-state index contributed by atoms with van der Waals surface area (Å²) in [7, 11) is -1.41. The van der Waals surface area contributed by atoms with Gasteiger partial charge in [-0.15, -0.1) is 0 Å². The molecule has 0 spiro atoms. The Hall–Kier alpha value is -4.25. The number of hydrogen-bond acceptors (Lipinski definition) is 6. The van der Waals surface area contributed by atoms with Crippen LogP contribution in [0.4, 0.5) is 5.69 Å². The fourth-order valence-electron chi connectivity index (χ4n) is 5.02. The second-order valence-electron chi connectivity index (χ2n) is 11.0. The van der Waals surface area contributed by atoms with Crippen molar-refractivity contribution in [1.29, 1.82) is 0 Å². The lowest BCUT2D eigenvalue weighted by Crippen LogP contribution is -2.54. The number of methoxy groups -OCH3 is 2. The summed E-state index contributed by atoms with van der Waals surface area (Å²) in [6, 6.07) is 25.3. The van der Waals surface area contributed by atoms with E-state index in [0.29, 0.717) is 21.4 Å². The second kappa shape index (κ2) is 16.0. The summed E-state index contributed by atoms with van der Waals surface area (Å²) in [5.74, 6) is -0.425. The number of benzene rings is 4. The molecular formula is C35H37Cl2N3O6S. The maximum Gasteiger partial charge on any atom is 0.264 e. The van der Waals surface area contributed by atoms with Crippen molar-refractivity contribution in [2.45, 2.75) is 43.8 Å². The molecule has 0 aliphatic carbocycles. The van der Waals surface area contributed by atoms with Crippen molar-refractivity contribution in [3.05, 3.63) is 118 Å². The Labute approximate surface area is 286 Å². The highest BCUT2D eigenvalue weighted by Gasteiger charge is 2.35. The lowest BCUT2D eigenvalue weighted by atomic mass is 10.0. The van der Waals surface area contributed by atoms with Crippen molar-refractivity contribution in [3.8, 4) is 11.5 Å². The molecule has 4 aromatic rings. The van der Waals surface area contributed by atoms with Crippen LogP contribution in [0.2, 0.25) is 10.0 Å². The Morgan fingerprint density at radius 1 is 0.809 bits per heavy atom. The molecule has 9 nitrogen and oxygen atoms in total. The number of amides is 2. The minimum Gasteiger partial charge on any atom is -0.493 e. The normalized spacial score (nSPS) is 11.9. The molecule has 0 bridgehead atoms. The maximum atomic E-state index is 14.6. The Balaban J connectivity index is 1.87. The maximum absolute atomic E-state index is 14.6. The quantitative estimate of drug-likeness (QED) is 0.164. The molecular weight excluding hydrogens is 661 g/mol. The van der Waals surface area contributed by atoms with E-state index in [1.54, 1.807) is 42.5 Å². The first kappa shape index (κ1) is 35.6. The summed E-state index contributed by atoms with van der Waals surface area (Å²) in [5, 5.41) is 3.52. The number of halogens is 2. The number of carbonyl (C=O) groups excluding carboxylic acids is 2. The van der Waals surface area contributed by atoms with Gasteiger partial charge in [-0.25, -0.2) is 8.42 Å². The van der Waals surface area contributed by atoms with E-state index >= 15 is 0 Å². The molecule has 0 fully saturated rings. The van der Waals surface area contributed by atoms with Crippen LogP contribution in [0.15, 0.2) is 102 Å². The average molecular weight is 699 g/mol. The Morgan fingerprint density at radius 2 is 1.40 bits per heavy atom. The molecule has 12 heteroatoms. The molecule has 0 heterocycles. The van der Waals surface area contributed by atoms with Crippen molar-refractivity contribution in [2.24, 2.45) is 0 Å². The number of nitrogens with one attached hydrogen (secondary N) is 1.